The minimum atomic E-state index is 0.349. The average molecular weight is 280 g/mol. The van der Waals surface area contributed by atoms with Crippen molar-refractivity contribution in [1.82, 2.24) is 9.80 Å². The van der Waals surface area contributed by atoms with Crippen LogP contribution in [-0.4, -0.2) is 60.8 Å². The third-order valence-corrected chi connectivity index (χ3v) is 6.10. The summed E-state index contributed by atoms with van der Waals surface area (Å²) in [4.78, 5) is 5.43. The zero-order valence-corrected chi connectivity index (χ0v) is 13.6. The molecule has 0 unspecified atom stereocenters. The van der Waals surface area contributed by atoms with Crippen LogP contribution in [0.5, 0.6) is 0 Å². The molecule has 0 aromatic carbocycles. The molecular formula is C17H32N2O. The number of hydrogen-bond donors (Lipinski definition) is 0. The van der Waals surface area contributed by atoms with E-state index in [1.807, 2.05) is 0 Å². The van der Waals surface area contributed by atoms with Crippen molar-refractivity contribution in [2.45, 2.75) is 58.0 Å². The number of ether oxygens (including phenoxy) is 1. The Hall–Kier alpha value is -0.120. The molecule has 0 spiro atoms. The summed E-state index contributed by atoms with van der Waals surface area (Å²) in [6, 6.07) is 0.873. The van der Waals surface area contributed by atoms with Gasteiger partial charge in [-0.05, 0) is 44.4 Å². The number of hydrogen-bond acceptors (Lipinski definition) is 3. The summed E-state index contributed by atoms with van der Waals surface area (Å²) in [5, 5.41) is 0. The molecule has 3 nitrogen and oxygen atoms in total. The highest BCUT2D eigenvalue weighted by molar-refractivity contribution is 4.95. The van der Waals surface area contributed by atoms with Crippen molar-refractivity contribution >= 4 is 0 Å². The Labute approximate surface area is 124 Å². The van der Waals surface area contributed by atoms with Crippen molar-refractivity contribution in [3.05, 3.63) is 0 Å². The van der Waals surface area contributed by atoms with Gasteiger partial charge in [-0.15, -0.1) is 0 Å². The summed E-state index contributed by atoms with van der Waals surface area (Å²) in [5.74, 6) is 1.87. The van der Waals surface area contributed by atoms with E-state index in [9.17, 15) is 0 Å². The lowest BCUT2D eigenvalue weighted by molar-refractivity contribution is -0.142. The molecule has 0 amide bonds. The van der Waals surface area contributed by atoms with Crippen molar-refractivity contribution < 1.29 is 4.74 Å². The highest BCUT2D eigenvalue weighted by Crippen LogP contribution is 2.33. The Bertz CT molecular complexity index is 311. The molecule has 3 aliphatic rings. The van der Waals surface area contributed by atoms with E-state index in [1.165, 1.54) is 51.9 Å². The fraction of sp³-hybridized carbons (Fsp3) is 1.00. The fourth-order valence-corrected chi connectivity index (χ4v) is 4.34. The average Bonchev–Trinajstić information content (AvgIpc) is 2.45. The minimum absolute atomic E-state index is 0.349. The highest BCUT2D eigenvalue weighted by atomic mass is 16.5. The van der Waals surface area contributed by atoms with Gasteiger partial charge < -0.3 is 4.74 Å². The highest BCUT2D eigenvalue weighted by Gasteiger charge is 2.41. The Morgan fingerprint density at radius 2 is 1.55 bits per heavy atom. The second kappa shape index (κ2) is 5.94. The van der Waals surface area contributed by atoms with Gasteiger partial charge in [0.2, 0.25) is 0 Å². The van der Waals surface area contributed by atoms with Crippen LogP contribution >= 0.6 is 0 Å². The van der Waals surface area contributed by atoms with Gasteiger partial charge in [0.25, 0.3) is 0 Å². The monoisotopic (exact) mass is 280 g/mol. The molecule has 3 fully saturated rings. The van der Waals surface area contributed by atoms with E-state index in [0.29, 0.717) is 5.54 Å². The predicted molar refractivity (Wildman–Crippen MR) is 83.0 cm³/mol. The van der Waals surface area contributed by atoms with E-state index in [2.05, 4.69) is 30.6 Å². The molecule has 0 N–H and O–H groups in total. The van der Waals surface area contributed by atoms with Gasteiger partial charge in [0.05, 0.1) is 18.8 Å². The Morgan fingerprint density at radius 3 is 2.00 bits per heavy atom. The van der Waals surface area contributed by atoms with Crippen LogP contribution in [0, 0.1) is 11.8 Å². The Kier molecular flexibility index (Phi) is 4.40. The zero-order chi connectivity index (χ0) is 14.2. The van der Waals surface area contributed by atoms with Crippen LogP contribution in [0.3, 0.4) is 0 Å². The fourth-order valence-electron chi connectivity index (χ4n) is 4.34. The maximum Gasteiger partial charge on any atom is 0.0671 e. The van der Waals surface area contributed by atoms with Gasteiger partial charge >= 0.3 is 0 Å². The van der Waals surface area contributed by atoms with E-state index in [4.69, 9.17) is 4.74 Å². The van der Waals surface area contributed by atoms with Crippen molar-refractivity contribution in [3.8, 4) is 0 Å². The van der Waals surface area contributed by atoms with Crippen LogP contribution in [0.1, 0.15) is 46.5 Å². The van der Waals surface area contributed by atoms with Crippen molar-refractivity contribution in [1.29, 1.82) is 0 Å². The third kappa shape index (κ3) is 2.90. The van der Waals surface area contributed by atoms with Gasteiger partial charge in [-0.1, -0.05) is 13.8 Å². The predicted octanol–water partition coefficient (Wildman–Crippen LogP) is 2.61. The van der Waals surface area contributed by atoms with Crippen molar-refractivity contribution in [3.63, 3.8) is 0 Å². The minimum Gasteiger partial charge on any atom is -0.377 e. The van der Waals surface area contributed by atoms with Crippen LogP contribution in [0.15, 0.2) is 0 Å². The molecule has 2 heterocycles. The van der Waals surface area contributed by atoms with Gasteiger partial charge in [-0.3, -0.25) is 9.80 Å². The first kappa shape index (κ1) is 14.8. The topological polar surface area (TPSA) is 15.7 Å². The molecular weight excluding hydrogens is 248 g/mol. The van der Waals surface area contributed by atoms with Crippen LogP contribution in [0.2, 0.25) is 0 Å². The van der Waals surface area contributed by atoms with E-state index in [-0.39, 0.29) is 0 Å². The normalized spacial score (nSPS) is 36.0. The first-order chi connectivity index (χ1) is 9.58. The van der Waals surface area contributed by atoms with E-state index in [0.717, 1.165) is 31.1 Å². The molecule has 116 valence electrons. The van der Waals surface area contributed by atoms with Gasteiger partial charge in [0.1, 0.15) is 0 Å². The first-order valence-corrected chi connectivity index (χ1v) is 8.65. The lowest BCUT2D eigenvalue weighted by atomic mass is 9.79. The van der Waals surface area contributed by atoms with Crippen LogP contribution < -0.4 is 0 Å². The second-order valence-corrected chi connectivity index (χ2v) is 7.83. The summed E-state index contributed by atoms with van der Waals surface area (Å²) >= 11 is 0. The molecule has 2 saturated heterocycles. The van der Waals surface area contributed by atoms with Gasteiger partial charge in [-0.2, -0.15) is 0 Å². The molecule has 3 rings (SSSR count). The van der Waals surface area contributed by atoms with Crippen LogP contribution in [0.4, 0.5) is 0 Å². The molecule has 0 aromatic rings. The lowest BCUT2D eigenvalue weighted by Crippen LogP contribution is -2.65. The van der Waals surface area contributed by atoms with Gasteiger partial charge in [0.15, 0.2) is 0 Å². The smallest absolute Gasteiger partial charge is 0.0671 e. The standard InChI is InChI=1S/C17H32N2O/c1-14(2)15-4-6-16(7-5-15)18-8-10-19(11-9-18)17(3)12-20-13-17/h14-16H,4-13H2,1-3H3. The van der Waals surface area contributed by atoms with E-state index in [1.54, 1.807) is 0 Å². The van der Waals surface area contributed by atoms with Gasteiger partial charge in [-0.25, -0.2) is 0 Å². The van der Waals surface area contributed by atoms with Crippen molar-refractivity contribution in [2.24, 2.45) is 11.8 Å². The molecule has 2 aliphatic heterocycles. The summed E-state index contributed by atoms with van der Waals surface area (Å²) < 4.78 is 5.41. The number of nitrogens with zero attached hydrogens (tertiary/aromatic N) is 2. The molecule has 3 heteroatoms. The SMILES string of the molecule is CC(C)C1CCC(N2CCN(C3(C)COC3)CC2)CC1. The summed E-state index contributed by atoms with van der Waals surface area (Å²) in [6.45, 7) is 14.0. The Balaban J connectivity index is 1.45. The molecule has 0 bridgehead atoms. The second-order valence-electron chi connectivity index (χ2n) is 7.83. The van der Waals surface area contributed by atoms with E-state index >= 15 is 0 Å². The lowest BCUT2D eigenvalue weighted by Gasteiger charge is -2.51. The molecule has 1 saturated carbocycles. The molecule has 20 heavy (non-hydrogen) atoms. The summed E-state index contributed by atoms with van der Waals surface area (Å²) in [7, 11) is 0. The summed E-state index contributed by atoms with van der Waals surface area (Å²) in [6.07, 6.45) is 5.77. The maximum atomic E-state index is 5.41. The van der Waals surface area contributed by atoms with E-state index < -0.39 is 0 Å². The molecule has 1 aliphatic carbocycles. The van der Waals surface area contributed by atoms with Crippen LogP contribution in [0.25, 0.3) is 0 Å². The third-order valence-electron chi connectivity index (χ3n) is 6.10. The summed E-state index contributed by atoms with van der Waals surface area (Å²) in [5.41, 5.74) is 0.349. The quantitative estimate of drug-likeness (QED) is 0.790. The van der Waals surface area contributed by atoms with Crippen molar-refractivity contribution in [2.75, 3.05) is 39.4 Å². The largest absolute Gasteiger partial charge is 0.377 e. The maximum absolute atomic E-state index is 5.41. The van der Waals surface area contributed by atoms with Crippen LogP contribution in [-0.2, 0) is 4.74 Å². The number of piperazine rings is 1. The first-order valence-electron chi connectivity index (χ1n) is 8.65. The molecule has 0 radical (unpaired) electrons. The van der Waals surface area contributed by atoms with Gasteiger partial charge in [0, 0.05) is 32.2 Å². The molecule has 0 atom stereocenters. The number of rotatable bonds is 3. The zero-order valence-electron chi connectivity index (χ0n) is 13.6. The molecule has 0 aromatic heterocycles. The Morgan fingerprint density at radius 1 is 0.950 bits per heavy atom.